The van der Waals surface area contributed by atoms with Crippen LogP contribution >= 0.6 is 0 Å². The number of likely N-dealkylation sites (tertiary alicyclic amines) is 1. The van der Waals surface area contributed by atoms with Gasteiger partial charge in [0.2, 0.25) is 0 Å². The molecule has 0 amide bonds. The van der Waals surface area contributed by atoms with Crippen LogP contribution in [0.5, 0.6) is 11.5 Å². The van der Waals surface area contributed by atoms with E-state index in [9.17, 15) is 23.8 Å². The lowest BCUT2D eigenvalue weighted by Crippen LogP contribution is -2.42. The number of piperidine rings is 1. The van der Waals surface area contributed by atoms with E-state index in [0.29, 0.717) is 56.6 Å². The van der Waals surface area contributed by atoms with Crippen LogP contribution in [0, 0.1) is 17.0 Å². The van der Waals surface area contributed by atoms with Crippen LogP contribution in [0.4, 0.5) is 8.78 Å². The Morgan fingerprint density at radius 3 is 2.51 bits per heavy atom. The number of ether oxygens (including phenoxy) is 2. The molecule has 2 aromatic carbocycles. The number of aromatic nitrogens is 1. The number of hydrogen-bond donors (Lipinski definition) is 3. The molecule has 4 rings (SSSR count). The summed E-state index contributed by atoms with van der Waals surface area (Å²) in [4.78, 5) is 18.4. The van der Waals surface area contributed by atoms with E-state index in [1.54, 1.807) is 13.3 Å². The lowest BCUT2D eigenvalue weighted by molar-refractivity contribution is -0.141. The van der Waals surface area contributed by atoms with Gasteiger partial charge >= 0.3 is 5.97 Å². The number of fused-ring (bicyclic) bond motifs is 1. The van der Waals surface area contributed by atoms with Crippen molar-refractivity contribution in [1.82, 2.24) is 9.88 Å². The molecule has 1 saturated heterocycles. The third-order valence-corrected chi connectivity index (χ3v) is 7.66. The Hall–Kier alpha value is -3.34. The summed E-state index contributed by atoms with van der Waals surface area (Å²) in [5, 5.41) is 21.8. The molecule has 1 aliphatic rings. The van der Waals surface area contributed by atoms with Gasteiger partial charge in [0.05, 0.1) is 25.2 Å². The summed E-state index contributed by atoms with van der Waals surface area (Å²) in [6, 6.07) is 8.56. The fourth-order valence-corrected chi connectivity index (χ4v) is 5.50. The molecule has 2 heterocycles. The molecule has 210 valence electrons. The topological polar surface area (TPSA) is 118 Å². The van der Waals surface area contributed by atoms with E-state index in [1.807, 2.05) is 18.2 Å². The van der Waals surface area contributed by atoms with E-state index in [1.165, 1.54) is 0 Å². The van der Waals surface area contributed by atoms with Crippen molar-refractivity contribution in [1.29, 1.82) is 0 Å². The van der Waals surface area contributed by atoms with E-state index >= 15 is 0 Å². The van der Waals surface area contributed by atoms with Gasteiger partial charge in [-0.15, -0.1) is 0 Å². The number of carboxylic acid groups (broad SMARTS) is 1. The molecule has 1 aliphatic heterocycles. The van der Waals surface area contributed by atoms with Crippen molar-refractivity contribution in [3.05, 3.63) is 65.4 Å². The first-order valence-corrected chi connectivity index (χ1v) is 13.1. The van der Waals surface area contributed by atoms with Gasteiger partial charge in [0.1, 0.15) is 29.7 Å². The predicted molar refractivity (Wildman–Crippen MR) is 143 cm³/mol. The second kappa shape index (κ2) is 12.7. The molecule has 1 atom stereocenters. The SMILES string of the molecule is COc1ccc2ncc(CN)c([C@H](O)CCC3(CC(=O)O)CCN(CCOc4cc(F)cc(F)c4)CC3)c2c1. The summed E-state index contributed by atoms with van der Waals surface area (Å²) in [7, 11) is 1.58. The molecule has 0 spiro atoms. The van der Waals surface area contributed by atoms with Gasteiger partial charge in [-0.2, -0.15) is 0 Å². The number of benzene rings is 2. The first kappa shape index (κ1) is 28.7. The Balaban J connectivity index is 1.40. The van der Waals surface area contributed by atoms with Crippen molar-refractivity contribution >= 4 is 16.9 Å². The van der Waals surface area contributed by atoms with Crippen molar-refractivity contribution in [2.24, 2.45) is 11.1 Å². The molecule has 0 radical (unpaired) electrons. The maximum absolute atomic E-state index is 13.4. The minimum absolute atomic E-state index is 0.0152. The van der Waals surface area contributed by atoms with Crippen LogP contribution < -0.4 is 15.2 Å². The molecule has 8 nitrogen and oxygen atoms in total. The number of halogens is 2. The normalized spacial score (nSPS) is 16.2. The Morgan fingerprint density at radius 1 is 1.15 bits per heavy atom. The van der Waals surface area contributed by atoms with Gasteiger partial charge in [-0.05, 0) is 73.5 Å². The highest BCUT2D eigenvalue weighted by molar-refractivity contribution is 5.85. The van der Waals surface area contributed by atoms with E-state index in [2.05, 4.69) is 9.88 Å². The van der Waals surface area contributed by atoms with Gasteiger partial charge in [0.15, 0.2) is 0 Å². The summed E-state index contributed by atoms with van der Waals surface area (Å²) in [6.45, 7) is 2.34. The minimum atomic E-state index is -0.865. The summed E-state index contributed by atoms with van der Waals surface area (Å²) in [5.74, 6) is -1.47. The highest BCUT2D eigenvalue weighted by Crippen LogP contribution is 2.42. The van der Waals surface area contributed by atoms with Gasteiger partial charge in [-0.25, -0.2) is 8.78 Å². The smallest absolute Gasteiger partial charge is 0.303 e. The van der Waals surface area contributed by atoms with Crippen molar-refractivity contribution in [2.75, 3.05) is 33.4 Å². The molecule has 0 bridgehead atoms. The summed E-state index contributed by atoms with van der Waals surface area (Å²) in [6.07, 6.45) is 3.06. The quantitative estimate of drug-likeness (QED) is 0.307. The average molecular weight is 544 g/mol. The minimum Gasteiger partial charge on any atom is -0.497 e. The van der Waals surface area contributed by atoms with Crippen LogP contribution in [0.1, 0.15) is 49.3 Å². The van der Waals surface area contributed by atoms with Crippen LogP contribution in [-0.2, 0) is 11.3 Å². The molecule has 1 aromatic heterocycles. The molecule has 0 aliphatic carbocycles. The van der Waals surface area contributed by atoms with Crippen LogP contribution in [0.25, 0.3) is 10.9 Å². The molecule has 39 heavy (non-hydrogen) atoms. The second-order valence-corrected chi connectivity index (χ2v) is 10.2. The molecular weight excluding hydrogens is 508 g/mol. The molecule has 3 aromatic rings. The highest BCUT2D eigenvalue weighted by Gasteiger charge is 2.37. The maximum Gasteiger partial charge on any atom is 0.303 e. The zero-order valence-corrected chi connectivity index (χ0v) is 22.0. The standard InChI is InChI=1S/C29H35F2N3O5/c1-38-22-2-3-25-24(15-22)28(19(17-32)18-33-25)26(35)4-5-29(16-27(36)37)6-8-34(9-7-29)10-11-39-23-13-20(30)12-21(31)14-23/h2-3,12-15,18,26,35H,4-11,16-17,32H2,1H3,(H,36,37)/t26-/m1/s1. The fourth-order valence-electron chi connectivity index (χ4n) is 5.50. The van der Waals surface area contributed by atoms with Crippen molar-refractivity contribution in [2.45, 2.75) is 44.8 Å². The Kier molecular flexibility index (Phi) is 9.32. The first-order chi connectivity index (χ1) is 18.7. The largest absolute Gasteiger partial charge is 0.497 e. The fraction of sp³-hybridized carbons (Fsp3) is 0.448. The molecule has 0 saturated carbocycles. The lowest BCUT2D eigenvalue weighted by Gasteiger charge is -2.41. The summed E-state index contributed by atoms with van der Waals surface area (Å²) >= 11 is 0. The zero-order valence-electron chi connectivity index (χ0n) is 22.0. The van der Waals surface area contributed by atoms with E-state index < -0.39 is 29.1 Å². The van der Waals surface area contributed by atoms with E-state index in [-0.39, 0.29) is 25.3 Å². The van der Waals surface area contributed by atoms with E-state index in [4.69, 9.17) is 15.2 Å². The number of nitrogens with zero attached hydrogens (tertiary/aromatic N) is 2. The second-order valence-electron chi connectivity index (χ2n) is 10.2. The number of aliphatic hydroxyl groups is 1. The van der Waals surface area contributed by atoms with Crippen LogP contribution in [-0.4, -0.2) is 59.4 Å². The van der Waals surface area contributed by atoms with Crippen molar-refractivity contribution in [3.8, 4) is 11.5 Å². The molecule has 4 N–H and O–H groups in total. The van der Waals surface area contributed by atoms with Crippen molar-refractivity contribution < 1.29 is 33.3 Å². The number of nitrogens with two attached hydrogens (primary N) is 1. The molecule has 0 unspecified atom stereocenters. The van der Waals surface area contributed by atoms with Crippen LogP contribution in [0.2, 0.25) is 0 Å². The van der Waals surface area contributed by atoms with Gasteiger partial charge in [-0.1, -0.05) is 0 Å². The number of rotatable bonds is 12. The third-order valence-electron chi connectivity index (χ3n) is 7.66. The number of aliphatic carboxylic acids is 1. The predicted octanol–water partition coefficient (Wildman–Crippen LogP) is 4.43. The van der Waals surface area contributed by atoms with E-state index in [0.717, 1.165) is 34.7 Å². The number of aliphatic hydroxyl groups excluding tert-OH is 1. The monoisotopic (exact) mass is 543 g/mol. The Bertz CT molecular complexity index is 1270. The third kappa shape index (κ3) is 7.20. The Morgan fingerprint density at radius 2 is 1.87 bits per heavy atom. The summed E-state index contributed by atoms with van der Waals surface area (Å²) < 4.78 is 37.6. The summed E-state index contributed by atoms with van der Waals surface area (Å²) in [5.41, 5.74) is 7.68. The number of methoxy groups -OCH3 is 1. The van der Waals surface area contributed by atoms with Crippen LogP contribution in [0.3, 0.4) is 0 Å². The van der Waals surface area contributed by atoms with Gasteiger partial charge in [0, 0.05) is 42.9 Å². The van der Waals surface area contributed by atoms with Gasteiger partial charge < -0.3 is 25.4 Å². The van der Waals surface area contributed by atoms with Crippen LogP contribution in [0.15, 0.2) is 42.6 Å². The number of hydrogen-bond acceptors (Lipinski definition) is 7. The van der Waals surface area contributed by atoms with Crippen molar-refractivity contribution in [3.63, 3.8) is 0 Å². The number of carboxylic acids is 1. The highest BCUT2D eigenvalue weighted by atomic mass is 19.1. The number of pyridine rings is 1. The average Bonchev–Trinajstić information content (AvgIpc) is 2.91. The molecule has 1 fully saturated rings. The Labute approximate surface area is 226 Å². The first-order valence-electron chi connectivity index (χ1n) is 13.1. The number of carbonyl (C=O) groups is 1. The molecular formula is C29H35F2N3O5. The van der Waals surface area contributed by atoms with Gasteiger partial charge in [-0.3, -0.25) is 14.7 Å². The zero-order chi connectivity index (χ0) is 28.0. The lowest BCUT2D eigenvalue weighted by atomic mass is 9.71. The molecule has 10 heteroatoms. The van der Waals surface area contributed by atoms with Gasteiger partial charge in [0.25, 0.3) is 0 Å². The maximum atomic E-state index is 13.4.